The molecule has 0 saturated heterocycles. The molecule has 0 atom stereocenters. The lowest BCUT2D eigenvalue weighted by atomic mass is 10.0. The number of carbonyl (C=O) groups is 2. The number of rotatable bonds is 4. The third-order valence-electron chi connectivity index (χ3n) is 5.80. The quantitative estimate of drug-likeness (QED) is 0.270. The molecule has 5 rings (SSSR count). The standard InChI is InChI=1S/C27H18ClNO5S/c1-29-24(25(30)20-15-14-17-8-5-6-11-19(17)16-20)26(34-27(31)18-9-3-2-4-10-18)23-21(28)12-7-13-22(23)35(29,32)33/h2-16H,1H3. The number of likely N-dealkylation sites (N-methyl/N-ethyl adjacent to an activating group) is 1. The summed E-state index contributed by atoms with van der Waals surface area (Å²) in [6, 6.07) is 25.1. The van der Waals surface area contributed by atoms with Crippen molar-refractivity contribution in [3.63, 3.8) is 0 Å². The van der Waals surface area contributed by atoms with Crippen molar-refractivity contribution in [2.24, 2.45) is 0 Å². The van der Waals surface area contributed by atoms with E-state index in [4.69, 9.17) is 16.3 Å². The molecule has 0 aliphatic carbocycles. The number of nitrogens with zero attached hydrogens (tertiary/aromatic N) is 1. The van der Waals surface area contributed by atoms with Gasteiger partial charge in [0, 0.05) is 12.6 Å². The van der Waals surface area contributed by atoms with E-state index < -0.39 is 21.8 Å². The van der Waals surface area contributed by atoms with E-state index in [2.05, 4.69) is 0 Å². The van der Waals surface area contributed by atoms with Crippen LogP contribution in [0, 0.1) is 0 Å². The number of carbonyl (C=O) groups excluding carboxylic acids is 2. The topological polar surface area (TPSA) is 80.8 Å². The Morgan fingerprint density at radius 2 is 1.49 bits per heavy atom. The van der Waals surface area contributed by atoms with Crippen molar-refractivity contribution in [2.45, 2.75) is 4.90 Å². The molecule has 1 aliphatic rings. The first kappa shape index (κ1) is 22.8. The Kier molecular flexibility index (Phi) is 5.67. The first-order valence-corrected chi connectivity index (χ1v) is 12.4. The molecule has 4 aromatic carbocycles. The lowest BCUT2D eigenvalue weighted by Crippen LogP contribution is -2.36. The summed E-state index contributed by atoms with van der Waals surface area (Å²) in [5, 5.41) is 1.77. The highest BCUT2D eigenvalue weighted by Gasteiger charge is 2.41. The number of allylic oxidation sites excluding steroid dienone is 1. The van der Waals surface area contributed by atoms with E-state index >= 15 is 0 Å². The summed E-state index contributed by atoms with van der Waals surface area (Å²) in [7, 11) is -2.89. The number of sulfonamides is 1. The Labute approximate surface area is 207 Å². The largest absolute Gasteiger partial charge is 0.420 e. The van der Waals surface area contributed by atoms with Crippen molar-refractivity contribution in [3.8, 4) is 0 Å². The molecule has 8 heteroatoms. The minimum absolute atomic E-state index is 0.0271. The molecule has 35 heavy (non-hydrogen) atoms. The predicted octanol–water partition coefficient (Wildman–Crippen LogP) is 5.54. The van der Waals surface area contributed by atoms with Gasteiger partial charge in [0.05, 0.1) is 16.1 Å². The molecule has 6 nitrogen and oxygen atoms in total. The van der Waals surface area contributed by atoms with Crippen LogP contribution < -0.4 is 0 Å². The lowest BCUT2D eigenvalue weighted by Gasteiger charge is -2.30. The molecule has 1 aliphatic heterocycles. The lowest BCUT2D eigenvalue weighted by molar-refractivity contribution is 0.0686. The molecule has 0 spiro atoms. The van der Waals surface area contributed by atoms with Crippen molar-refractivity contribution < 1.29 is 22.7 Å². The summed E-state index contributed by atoms with van der Waals surface area (Å²) < 4.78 is 33.3. The van der Waals surface area contributed by atoms with E-state index in [0.717, 1.165) is 15.1 Å². The highest BCUT2D eigenvalue weighted by Crippen LogP contribution is 2.41. The van der Waals surface area contributed by atoms with Gasteiger partial charge in [0.15, 0.2) is 5.76 Å². The fourth-order valence-electron chi connectivity index (χ4n) is 4.01. The van der Waals surface area contributed by atoms with Gasteiger partial charge >= 0.3 is 5.97 Å². The number of hydrogen-bond acceptors (Lipinski definition) is 5. The van der Waals surface area contributed by atoms with E-state index in [1.165, 1.54) is 25.2 Å². The second kappa shape index (κ2) is 8.69. The number of hydrogen-bond donors (Lipinski definition) is 0. The summed E-state index contributed by atoms with van der Waals surface area (Å²) in [6.07, 6.45) is 0. The van der Waals surface area contributed by atoms with Crippen LogP contribution in [0.1, 0.15) is 26.3 Å². The van der Waals surface area contributed by atoms with Crippen LogP contribution in [-0.4, -0.2) is 31.5 Å². The number of fused-ring (bicyclic) bond motifs is 2. The Morgan fingerprint density at radius 3 is 2.23 bits per heavy atom. The fourth-order valence-corrected chi connectivity index (χ4v) is 5.74. The molecular weight excluding hydrogens is 486 g/mol. The fraction of sp³-hybridized carbons (Fsp3) is 0.0370. The van der Waals surface area contributed by atoms with Crippen molar-refractivity contribution in [2.75, 3.05) is 7.05 Å². The summed E-state index contributed by atoms with van der Waals surface area (Å²) >= 11 is 6.42. The monoisotopic (exact) mass is 503 g/mol. The second-order valence-corrected chi connectivity index (χ2v) is 10.3. The average molecular weight is 504 g/mol. The maximum atomic E-state index is 13.8. The van der Waals surface area contributed by atoms with E-state index in [0.29, 0.717) is 0 Å². The molecule has 4 aromatic rings. The molecule has 0 fully saturated rings. The molecule has 0 unspecified atom stereocenters. The van der Waals surface area contributed by atoms with Gasteiger partial charge in [-0.15, -0.1) is 0 Å². The maximum Gasteiger partial charge on any atom is 0.343 e. The number of benzene rings is 4. The van der Waals surface area contributed by atoms with Crippen LogP contribution in [-0.2, 0) is 14.8 Å². The SMILES string of the molecule is CN1C(C(=O)c2ccc3ccccc3c2)=C(OC(=O)c2ccccc2)c2c(Cl)cccc2S1(=O)=O. The van der Waals surface area contributed by atoms with Crippen LogP contribution in [0.15, 0.2) is 102 Å². The molecule has 0 aromatic heterocycles. The molecular formula is C27H18ClNO5S. The molecule has 0 amide bonds. The van der Waals surface area contributed by atoms with Gasteiger partial charge in [-0.05, 0) is 41.1 Å². The third kappa shape index (κ3) is 3.88. The third-order valence-corrected chi connectivity index (χ3v) is 7.92. The minimum atomic E-state index is -4.14. The summed E-state index contributed by atoms with van der Waals surface area (Å²) in [6.45, 7) is 0. The van der Waals surface area contributed by atoms with Gasteiger partial charge < -0.3 is 4.74 Å². The Morgan fingerprint density at radius 1 is 0.800 bits per heavy atom. The number of ketones is 1. The van der Waals surface area contributed by atoms with Crippen molar-refractivity contribution in [3.05, 3.63) is 118 Å². The van der Waals surface area contributed by atoms with E-state index in [1.807, 2.05) is 24.3 Å². The molecule has 1 heterocycles. The zero-order valence-electron chi connectivity index (χ0n) is 18.4. The zero-order valence-corrected chi connectivity index (χ0v) is 20.0. The number of halogens is 1. The van der Waals surface area contributed by atoms with Gasteiger partial charge in [-0.25, -0.2) is 13.2 Å². The molecule has 0 bridgehead atoms. The second-order valence-electron chi connectivity index (χ2n) is 7.91. The maximum absolute atomic E-state index is 13.8. The predicted molar refractivity (Wildman–Crippen MR) is 133 cm³/mol. The number of Topliss-reactive ketones (excluding diaryl/α,β-unsaturated/α-hetero) is 1. The highest BCUT2D eigenvalue weighted by molar-refractivity contribution is 7.89. The summed E-state index contributed by atoms with van der Waals surface area (Å²) in [5.41, 5.74) is 0.151. The van der Waals surface area contributed by atoms with Gasteiger partial charge in [0.2, 0.25) is 5.78 Å². The Bertz CT molecular complexity index is 1650. The van der Waals surface area contributed by atoms with Crippen LogP contribution in [0.3, 0.4) is 0 Å². The first-order valence-electron chi connectivity index (χ1n) is 10.6. The van der Waals surface area contributed by atoms with E-state index in [-0.39, 0.29) is 38.1 Å². The van der Waals surface area contributed by atoms with Gasteiger partial charge in [0.1, 0.15) is 10.6 Å². The Hall–Kier alpha value is -3.94. The van der Waals surface area contributed by atoms with Crippen LogP contribution in [0.5, 0.6) is 0 Å². The van der Waals surface area contributed by atoms with Crippen LogP contribution in [0.4, 0.5) is 0 Å². The van der Waals surface area contributed by atoms with Crippen LogP contribution >= 0.6 is 11.6 Å². The number of ether oxygens (including phenoxy) is 1. The van der Waals surface area contributed by atoms with E-state index in [1.54, 1.807) is 48.5 Å². The first-order chi connectivity index (χ1) is 16.8. The summed E-state index contributed by atoms with van der Waals surface area (Å²) in [4.78, 5) is 26.6. The molecule has 0 N–H and O–H groups in total. The molecule has 174 valence electrons. The molecule has 0 saturated carbocycles. The van der Waals surface area contributed by atoms with Gasteiger partial charge in [-0.1, -0.05) is 72.3 Å². The van der Waals surface area contributed by atoms with Crippen LogP contribution in [0.2, 0.25) is 5.02 Å². The highest BCUT2D eigenvalue weighted by atomic mass is 35.5. The van der Waals surface area contributed by atoms with E-state index in [9.17, 15) is 18.0 Å². The molecule has 0 radical (unpaired) electrons. The van der Waals surface area contributed by atoms with Crippen molar-refractivity contribution in [1.29, 1.82) is 0 Å². The van der Waals surface area contributed by atoms with Gasteiger partial charge in [-0.3, -0.25) is 9.10 Å². The smallest absolute Gasteiger partial charge is 0.343 e. The minimum Gasteiger partial charge on any atom is -0.420 e. The summed E-state index contributed by atoms with van der Waals surface area (Å²) in [5.74, 6) is -1.58. The van der Waals surface area contributed by atoms with Crippen LogP contribution in [0.25, 0.3) is 16.5 Å². The normalized spacial score (nSPS) is 14.5. The van der Waals surface area contributed by atoms with Gasteiger partial charge in [0.25, 0.3) is 10.0 Å². The number of esters is 1. The average Bonchev–Trinajstić information content (AvgIpc) is 2.87. The van der Waals surface area contributed by atoms with Crippen molar-refractivity contribution >= 4 is 49.9 Å². The zero-order chi connectivity index (χ0) is 24.7. The van der Waals surface area contributed by atoms with Crippen molar-refractivity contribution in [1.82, 2.24) is 4.31 Å². The Balaban J connectivity index is 1.74. The van der Waals surface area contributed by atoms with Gasteiger partial charge in [-0.2, -0.15) is 0 Å².